The van der Waals surface area contributed by atoms with Crippen molar-refractivity contribution in [3.8, 4) is 5.75 Å². The molecule has 0 radical (unpaired) electrons. The van der Waals surface area contributed by atoms with Crippen molar-refractivity contribution < 1.29 is 19.1 Å². The SMILES string of the molecule is COC(OC)C(C)Oc1ccc([N+](=O)[O-])cc1CN=[N+]=[N-]. The fourth-order valence-corrected chi connectivity index (χ4v) is 1.76. The Morgan fingerprint density at radius 2 is 2.10 bits per heavy atom. The molecule has 0 bridgehead atoms. The van der Waals surface area contributed by atoms with Crippen LogP contribution in [0.1, 0.15) is 12.5 Å². The molecule has 9 heteroatoms. The van der Waals surface area contributed by atoms with Crippen LogP contribution in [0, 0.1) is 10.1 Å². The number of ether oxygens (including phenoxy) is 3. The Hall–Kier alpha value is -2.35. The Morgan fingerprint density at radius 3 is 2.62 bits per heavy atom. The summed E-state index contributed by atoms with van der Waals surface area (Å²) < 4.78 is 15.8. The quantitative estimate of drug-likeness (QED) is 0.182. The van der Waals surface area contributed by atoms with Gasteiger partial charge in [0.05, 0.1) is 11.5 Å². The van der Waals surface area contributed by atoms with E-state index in [4.69, 9.17) is 19.7 Å². The molecular formula is C12H16N4O5. The number of azide groups is 1. The van der Waals surface area contributed by atoms with Gasteiger partial charge in [-0.05, 0) is 18.5 Å². The van der Waals surface area contributed by atoms with Gasteiger partial charge >= 0.3 is 0 Å². The van der Waals surface area contributed by atoms with Crippen LogP contribution < -0.4 is 4.74 Å². The summed E-state index contributed by atoms with van der Waals surface area (Å²) in [6.45, 7) is 1.68. The maximum Gasteiger partial charge on any atom is 0.269 e. The van der Waals surface area contributed by atoms with E-state index in [-0.39, 0.29) is 12.2 Å². The predicted molar refractivity (Wildman–Crippen MR) is 73.8 cm³/mol. The van der Waals surface area contributed by atoms with Gasteiger partial charge in [0.1, 0.15) is 11.9 Å². The summed E-state index contributed by atoms with van der Waals surface area (Å²) in [5, 5.41) is 14.2. The molecule has 0 heterocycles. The molecule has 0 aliphatic rings. The van der Waals surface area contributed by atoms with E-state index in [0.717, 1.165) is 0 Å². The summed E-state index contributed by atoms with van der Waals surface area (Å²) in [6, 6.07) is 4.08. The zero-order valence-electron chi connectivity index (χ0n) is 11.9. The third-order valence-electron chi connectivity index (χ3n) is 2.72. The van der Waals surface area contributed by atoms with E-state index in [1.807, 2.05) is 0 Å². The van der Waals surface area contributed by atoms with Gasteiger partial charge in [0, 0.05) is 36.8 Å². The molecule has 1 atom stereocenters. The molecule has 21 heavy (non-hydrogen) atoms. The van der Waals surface area contributed by atoms with Crippen LogP contribution in [-0.4, -0.2) is 31.5 Å². The highest BCUT2D eigenvalue weighted by Crippen LogP contribution is 2.26. The van der Waals surface area contributed by atoms with E-state index in [0.29, 0.717) is 11.3 Å². The molecule has 1 rings (SSSR count). The van der Waals surface area contributed by atoms with Crippen molar-refractivity contribution in [3.63, 3.8) is 0 Å². The standard InChI is InChI=1S/C12H16N4O5/c1-8(12(19-2)20-3)21-11-5-4-10(16(17)18)6-9(11)7-14-15-13/h4-6,8,12H,7H2,1-3H3. The van der Waals surface area contributed by atoms with Gasteiger partial charge in [0.15, 0.2) is 6.29 Å². The molecule has 0 aliphatic heterocycles. The first-order valence-corrected chi connectivity index (χ1v) is 6.03. The number of methoxy groups -OCH3 is 2. The number of nitrogens with zero attached hydrogens (tertiary/aromatic N) is 4. The van der Waals surface area contributed by atoms with Crippen LogP contribution in [0.25, 0.3) is 10.4 Å². The summed E-state index contributed by atoms with van der Waals surface area (Å²) in [5.74, 6) is 0.375. The number of benzene rings is 1. The molecule has 0 fully saturated rings. The van der Waals surface area contributed by atoms with Gasteiger partial charge < -0.3 is 14.2 Å². The topological polar surface area (TPSA) is 120 Å². The highest BCUT2D eigenvalue weighted by Gasteiger charge is 2.20. The van der Waals surface area contributed by atoms with Crippen LogP contribution in [-0.2, 0) is 16.0 Å². The van der Waals surface area contributed by atoms with Crippen molar-refractivity contribution in [2.75, 3.05) is 14.2 Å². The van der Waals surface area contributed by atoms with E-state index >= 15 is 0 Å². The van der Waals surface area contributed by atoms with Crippen molar-refractivity contribution >= 4 is 5.69 Å². The lowest BCUT2D eigenvalue weighted by molar-refractivity contribution is -0.384. The fourth-order valence-electron chi connectivity index (χ4n) is 1.76. The highest BCUT2D eigenvalue weighted by molar-refractivity contribution is 5.44. The molecular weight excluding hydrogens is 280 g/mol. The highest BCUT2D eigenvalue weighted by atomic mass is 16.7. The average Bonchev–Trinajstić information content (AvgIpc) is 2.47. The molecule has 1 aromatic carbocycles. The van der Waals surface area contributed by atoms with Crippen LogP contribution in [0.4, 0.5) is 5.69 Å². The summed E-state index contributed by atoms with van der Waals surface area (Å²) >= 11 is 0. The van der Waals surface area contributed by atoms with Crippen LogP contribution in [0.15, 0.2) is 23.3 Å². The second-order valence-corrected chi connectivity index (χ2v) is 4.10. The molecule has 0 aliphatic carbocycles. The van der Waals surface area contributed by atoms with E-state index in [2.05, 4.69) is 10.0 Å². The summed E-state index contributed by atoms with van der Waals surface area (Å²) in [5.41, 5.74) is 8.70. The molecule has 0 saturated carbocycles. The van der Waals surface area contributed by atoms with Crippen molar-refractivity contribution in [2.24, 2.45) is 5.11 Å². The van der Waals surface area contributed by atoms with E-state index < -0.39 is 17.3 Å². The second kappa shape index (κ2) is 8.05. The molecule has 1 unspecified atom stereocenters. The minimum absolute atomic E-state index is 0.0507. The lowest BCUT2D eigenvalue weighted by Gasteiger charge is -2.23. The zero-order valence-corrected chi connectivity index (χ0v) is 11.9. The Morgan fingerprint density at radius 1 is 1.43 bits per heavy atom. The average molecular weight is 296 g/mol. The number of rotatable bonds is 8. The van der Waals surface area contributed by atoms with Gasteiger partial charge in [0.2, 0.25) is 0 Å². The number of nitro groups is 1. The number of hydrogen-bond acceptors (Lipinski definition) is 6. The van der Waals surface area contributed by atoms with Crippen LogP contribution in [0.2, 0.25) is 0 Å². The number of nitro benzene ring substituents is 1. The van der Waals surface area contributed by atoms with Gasteiger partial charge in [-0.3, -0.25) is 10.1 Å². The first kappa shape index (κ1) is 16.7. The van der Waals surface area contributed by atoms with Gasteiger partial charge in [0.25, 0.3) is 5.69 Å². The summed E-state index contributed by atoms with van der Waals surface area (Å²) in [6.07, 6.45) is -1.04. The zero-order chi connectivity index (χ0) is 15.8. The Labute approximate surface area is 121 Å². The number of non-ortho nitro benzene ring substituents is 1. The van der Waals surface area contributed by atoms with Gasteiger partial charge in [-0.15, -0.1) is 0 Å². The Kier molecular flexibility index (Phi) is 6.41. The normalized spacial score (nSPS) is 11.8. The maximum absolute atomic E-state index is 10.8. The van der Waals surface area contributed by atoms with Crippen molar-refractivity contribution in [2.45, 2.75) is 25.9 Å². The molecule has 0 aromatic heterocycles. The van der Waals surface area contributed by atoms with Crippen LogP contribution in [0.5, 0.6) is 5.75 Å². The van der Waals surface area contributed by atoms with Crippen LogP contribution >= 0.6 is 0 Å². The van der Waals surface area contributed by atoms with Gasteiger partial charge in [-0.1, -0.05) is 5.11 Å². The van der Waals surface area contributed by atoms with Crippen LogP contribution in [0.3, 0.4) is 0 Å². The minimum atomic E-state index is -0.590. The molecule has 1 aromatic rings. The first-order chi connectivity index (χ1) is 10.0. The molecule has 0 spiro atoms. The lowest BCUT2D eigenvalue weighted by Crippen LogP contribution is -2.32. The lowest BCUT2D eigenvalue weighted by atomic mass is 10.1. The molecule has 9 nitrogen and oxygen atoms in total. The van der Waals surface area contributed by atoms with Crippen molar-refractivity contribution in [1.29, 1.82) is 0 Å². The number of hydrogen-bond donors (Lipinski definition) is 0. The Bertz CT molecular complexity index is 540. The molecule has 0 amide bonds. The predicted octanol–water partition coefficient (Wildman–Crippen LogP) is 2.79. The molecule has 0 N–H and O–H groups in total. The molecule has 0 saturated heterocycles. The van der Waals surface area contributed by atoms with E-state index in [1.165, 1.54) is 32.4 Å². The molecule has 114 valence electrons. The van der Waals surface area contributed by atoms with E-state index in [9.17, 15) is 10.1 Å². The fraction of sp³-hybridized carbons (Fsp3) is 0.500. The smallest absolute Gasteiger partial charge is 0.269 e. The third kappa shape index (κ3) is 4.60. The first-order valence-electron chi connectivity index (χ1n) is 6.03. The summed E-state index contributed by atoms with van der Waals surface area (Å²) in [7, 11) is 2.95. The van der Waals surface area contributed by atoms with Gasteiger partial charge in [-0.25, -0.2) is 0 Å². The third-order valence-corrected chi connectivity index (χ3v) is 2.72. The van der Waals surface area contributed by atoms with E-state index in [1.54, 1.807) is 6.92 Å². The Balaban J connectivity index is 3.04. The van der Waals surface area contributed by atoms with Crippen molar-refractivity contribution in [1.82, 2.24) is 0 Å². The van der Waals surface area contributed by atoms with Gasteiger partial charge in [-0.2, -0.15) is 0 Å². The van der Waals surface area contributed by atoms with Crippen molar-refractivity contribution in [3.05, 3.63) is 44.3 Å². The monoisotopic (exact) mass is 296 g/mol. The second-order valence-electron chi connectivity index (χ2n) is 4.10. The largest absolute Gasteiger partial charge is 0.485 e. The maximum atomic E-state index is 10.8. The summed E-state index contributed by atoms with van der Waals surface area (Å²) in [4.78, 5) is 12.9. The minimum Gasteiger partial charge on any atom is -0.485 e.